The SMILES string of the molecule is CCOc1ccccc1OCC(=O)NCc1ccccc1NC(=O)CCNC(=O)OC(C)(C)C. The summed E-state index contributed by atoms with van der Waals surface area (Å²) in [5.41, 5.74) is 0.708. The molecule has 0 saturated carbocycles. The minimum absolute atomic E-state index is 0.0764. The van der Waals surface area contributed by atoms with Gasteiger partial charge in [0.2, 0.25) is 5.91 Å². The minimum atomic E-state index is -0.604. The van der Waals surface area contributed by atoms with Gasteiger partial charge >= 0.3 is 6.09 Å². The molecule has 3 amide bonds. The number of amides is 3. The van der Waals surface area contributed by atoms with Gasteiger partial charge in [-0.05, 0) is 51.5 Å². The second kappa shape index (κ2) is 13.1. The third kappa shape index (κ3) is 9.81. The van der Waals surface area contributed by atoms with Crippen molar-refractivity contribution in [2.75, 3.05) is 25.1 Å². The number of ether oxygens (including phenoxy) is 3. The number of carbonyl (C=O) groups is 3. The van der Waals surface area contributed by atoms with Crippen LogP contribution in [0.15, 0.2) is 48.5 Å². The van der Waals surface area contributed by atoms with Crippen LogP contribution in [0.5, 0.6) is 11.5 Å². The van der Waals surface area contributed by atoms with E-state index in [2.05, 4.69) is 16.0 Å². The Morgan fingerprint density at radius 2 is 1.50 bits per heavy atom. The molecule has 0 heterocycles. The fraction of sp³-hybridized carbons (Fsp3) is 0.400. The van der Waals surface area contributed by atoms with Gasteiger partial charge in [0, 0.05) is 25.2 Å². The fourth-order valence-electron chi connectivity index (χ4n) is 2.83. The number of hydrogen-bond acceptors (Lipinski definition) is 6. The first-order valence-corrected chi connectivity index (χ1v) is 11.1. The van der Waals surface area contributed by atoms with Crippen LogP contribution in [-0.2, 0) is 20.9 Å². The zero-order chi connectivity index (χ0) is 25.0. The lowest BCUT2D eigenvalue weighted by Crippen LogP contribution is -2.34. The van der Waals surface area contributed by atoms with Crippen molar-refractivity contribution in [1.82, 2.24) is 10.6 Å². The Bertz CT molecular complexity index is 971. The Morgan fingerprint density at radius 1 is 0.853 bits per heavy atom. The molecule has 0 aliphatic carbocycles. The lowest BCUT2D eigenvalue weighted by Gasteiger charge is -2.19. The Balaban J connectivity index is 1.81. The van der Waals surface area contributed by atoms with Gasteiger partial charge in [0.25, 0.3) is 5.91 Å². The summed E-state index contributed by atoms with van der Waals surface area (Å²) >= 11 is 0. The maximum atomic E-state index is 12.3. The van der Waals surface area contributed by atoms with E-state index in [1.807, 2.05) is 19.1 Å². The summed E-state index contributed by atoms with van der Waals surface area (Å²) < 4.78 is 16.2. The van der Waals surface area contributed by atoms with Crippen molar-refractivity contribution in [2.45, 2.75) is 46.3 Å². The molecule has 0 saturated heterocycles. The molecular weight excluding hydrogens is 438 g/mol. The molecule has 0 fully saturated rings. The predicted octanol–water partition coefficient (Wildman–Crippen LogP) is 3.63. The summed E-state index contributed by atoms with van der Waals surface area (Å²) in [6.45, 7) is 7.84. The van der Waals surface area contributed by atoms with Crippen molar-refractivity contribution in [2.24, 2.45) is 0 Å². The van der Waals surface area contributed by atoms with Gasteiger partial charge in [-0.2, -0.15) is 0 Å². The number of anilines is 1. The van der Waals surface area contributed by atoms with Crippen LogP contribution < -0.4 is 25.4 Å². The quantitative estimate of drug-likeness (QED) is 0.461. The molecule has 34 heavy (non-hydrogen) atoms. The number of nitrogens with one attached hydrogen (secondary N) is 3. The summed E-state index contributed by atoms with van der Waals surface area (Å²) in [5.74, 6) is 0.485. The number of alkyl carbamates (subject to hydrolysis) is 1. The van der Waals surface area contributed by atoms with Gasteiger partial charge in [0.05, 0.1) is 6.61 Å². The van der Waals surface area contributed by atoms with Crippen molar-refractivity contribution >= 4 is 23.6 Å². The monoisotopic (exact) mass is 471 g/mol. The van der Waals surface area contributed by atoms with Crippen molar-refractivity contribution in [3.8, 4) is 11.5 Å². The molecule has 9 nitrogen and oxygen atoms in total. The highest BCUT2D eigenvalue weighted by Crippen LogP contribution is 2.26. The van der Waals surface area contributed by atoms with E-state index >= 15 is 0 Å². The van der Waals surface area contributed by atoms with Crippen LogP contribution in [0.2, 0.25) is 0 Å². The molecule has 0 radical (unpaired) electrons. The first-order chi connectivity index (χ1) is 16.2. The van der Waals surface area contributed by atoms with Gasteiger partial charge in [0.15, 0.2) is 18.1 Å². The molecule has 0 spiro atoms. The summed E-state index contributed by atoms with van der Waals surface area (Å²) in [6, 6.07) is 14.3. The maximum absolute atomic E-state index is 12.3. The zero-order valence-corrected chi connectivity index (χ0v) is 20.1. The molecule has 0 aliphatic heterocycles. The summed E-state index contributed by atoms with van der Waals surface area (Å²) in [5, 5.41) is 8.14. The standard InChI is InChI=1S/C25H33N3O6/c1-5-32-20-12-8-9-13-21(20)33-17-23(30)27-16-18-10-6-7-11-19(18)28-22(29)14-15-26-24(31)34-25(2,3)4/h6-13H,5,14-17H2,1-4H3,(H,26,31)(H,27,30)(H,28,29). The number of para-hydroxylation sites is 3. The molecule has 2 rings (SSSR count). The largest absolute Gasteiger partial charge is 0.490 e. The van der Waals surface area contributed by atoms with Gasteiger partial charge in [0.1, 0.15) is 5.60 Å². The van der Waals surface area contributed by atoms with Gasteiger partial charge < -0.3 is 30.2 Å². The highest BCUT2D eigenvalue weighted by molar-refractivity contribution is 5.92. The van der Waals surface area contributed by atoms with Crippen molar-refractivity contribution < 1.29 is 28.6 Å². The Kier molecular flexibility index (Phi) is 10.2. The molecule has 0 bridgehead atoms. The number of rotatable bonds is 11. The third-order valence-corrected chi connectivity index (χ3v) is 4.30. The molecular formula is C25H33N3O6. The van der Waals surface area contributed by atoms with E-state index in [4.69, 9.17) is 14.2 Å². The molecule has 3 N–H and O–H groups in total. The summed E-state index contributed by atoms with van der Waals surface area (Å²) in [7, 11) is 0. The van der Waals surface area contributed by atoms with E-state index in [9.17, 15) is 14.4 Å². The Morgan fingerprint density at radius 3 is 2.18 bits per heavy atom. The number of hydrogen-bond donors (Lipinski definition) is 3. The molecule has 0 aromatic heterocycles. The molecule has 2 aromatic rings. The molecule has 9 heteroatoms. The van der Waals surface area contributed by atoms with Crippen LogP contribution in [0, 0.1) is 0 Å². The average Bonchev–Trinajstić information content (AvgIpc) is 2.77. The van der Waals surface area contributed by atoms with Gasteiger partial charge in [-0.1, -0.05) is 30.3 Å². The second-order valence-corrected chi connectivity index (χ2v) is 8.33. The van der Waals surface area contributed by atoms with Gasteiger partial charge in [-0.3, -0.25) is 9.59 Å². The smallest absolute Gasteiger partial charge is 0.407 e. The fourth-order valence-corrected chi connectivity index (χ4v) is 2.83. The summed E-state index contributed by atoms with van der Waals surface area (Å²) in [4.78, 5) is 36.2. The molecule has 184 valence electrons. The normalized spacial score (nSPS) is 10.7. The van der Waals surface area contributed by atoms with E-state index < -0.39 is 11.7 Å². The first-order valence-electron chi connectivity index (χ1n) is 11.1. The van der Waals surface area contributed by atoms with Crippen LogP contribution in [-0.4, -0.2) is 43.3 Å². The first kappa shape index (κ1) is 26.5. The molecule has 0 aliphatic rings. The van der Waals surface area contributed by atoms with Crippen molar-refractivity contribution in [1.29, 1.82) is 0 Å². The molecule has 2 aromatic carbocycles. The van der Waals surface area contributed by atoms with Crippen LogP contribution in [0.25, 0.3) is 0 Å². The maximum Gasteiger partial charge on any atom is 0.407 e. The Hall–Kier alpha value is -3.75. The number of carbonyl (C=O) groups excluding carboxylic acids is 3. The van der Waals surface area contributed by atoms with Crippen molar-refractivity contribution in [3.63, 3.8) is 0 Å². The third-order valence-electron chi connectivity index (χ3n) is 4.30. The van der Waals surface area contributed by atoms with Crippen LogP contribution in [0.3, 0.4) is 0 Å². The van der Waals surface area contributed by atoms with Crippen molar-refractivity contribution in [3.05, 3.63) is 54.1 Å². The van der Waals surface area contributed by atoms with Gasteiger partial charge in [-0.15, -0.1) is 0 Å². The highest BCUT2D eigenvalue weighted by Gasteiger charge is 2.16. The number of benzene rings is 2. The van der Waals surface area contributed by atoms with Crippen LogP contribution in [0.4, 0.5) is 10.5 Å². The van der Waals surface area contributed by atoms with Crippen LogP contribution >= 0.6 is 0 Å². The van der Waals surface area contributed by atoms with E-state index in [0.29, 0.717) is 23.8 Å². The van der Waals surface area contributed by atoms with Gasteiger partial charge in [-0.25, -0.2) is 4.79 Å². The van der Waals surface area contributed by atoms with Crippen LogP contribution in [0.1, 0.15) is 39.7 Å². The zero-order valence-electron chi connectivity index (χ0n) is 20.1. The highest BCUT2D eigenvalue weighted by atomic mass is 16.6. The minimum Gasteiger partial charge on any atom is -0.490 e. The predicted molar refractivity (Wildman–Crippen MR) is 129 cm³/mol. The molecule has 0 atom stereocenters. The molecule has 0 unspecified atom stereocenters. The van der Waals surface area contributed by atoms with E-state index in [-0.39, 0.29) is 37.9 Å². The average molecular weight is 472 g/mol. The topological polar surface area (TPSA) is 115 Å². The summed E-state index contributed by atoms with van der Waals surface area (Å²) in [6.07, 6.45) is -0.498. The van der Waals surface area contributed by atoms with E-state index in [1.165, 1.54) is 0 Å². The van der Waals surface area contributed by atoms with E-state index in [0.717, 1.165) is 5.56 Å². The lowest BCUT2D eigenvalue weighted by molar-refractivity contribution is -0.123. The second-order valence-electron chi connectivity index (χ2n) is 8.33. The Labute approximate surface area is 200 Å². The lowest BCUT2D eigenvalue weighted by atomic mass is 10.1. The van der Waals surface area contributed by atoms with E-state index in [1.54, 1.807) is 57.2 Å².